The first kappa shape index (κ1) is 18.4. The van der Waals surface area contributed by atoms with Gasteiger partial charge in [-0.25, -0.2) is 9.78 Å². The van der Waals surface area contributed by atoms with Crippen molar-refractivity contribution in [3.8, 4) is 0 Å². The van der Waals surface area contributed by atoms with Crippen molar-refractivity contribution in [3.05, 3.63) is 23.4 Å². The van der Waals surface area contributed by atoms with E-state index in [0.717, 1.165) is 50.2 Å². The summed E-state index contributed by atoms with van der Waals surface area (Å²) in [5.74, 6) is -0.0489. The number of aromatic nitrogens is 1. The van der Waals surface area contributed by atoms with E-state index in [1.165, 1.54) is 10.5 Å². The van der Waals surface area contributed by atoms with E-state index in [4.69, 9.17) is 5.11 Å². The number of unbranched alkanes of at least 4 members (excludes halogenated alkanes) is 1. The number of aryl methyl sites for hydroxylation is 2. The minimum Gasteiger partial charge on any atom is -0.481 e. The minimum absolute atomic E-state index is 0.0666. The maximum Gasteiger partial charge on any atom is 0.317 e. The molecule has 2 aliphatic heterocycles. The second-order valence-electron chi connectivity index (χ2n) is 7.18. The molecule has 2 aliphatic rings. The Morgan fingerprint density at radius 2 is 2.12 bits per heavy atom. The Balaban J connectivity index is 1.31. The van der Waals surface area contributed by atoms with Crippen LogP contribution in [0.4, 0.5) is 10.6 Å². The zero-order valence-corrected chi connectivity index (χ0v) is 14.8. The number of urea groups is 1. The van der Waals surface area contributed by atoms with E-state index in [2.05, 4.69) is 27.8 Å². The van der Waals surface area contributed by atoms with Crippen LogP contribution in [-0.2, 0) is 17.6 Å². The molecule has 3 heterocycles. The summed E-state index contributed by atoms with van der Waals surface area (Å²) in [5, 5.41) is 24.8. The van der Waals surface area contributed by atoms with Crippen LogP contribution in [0.15, 0.2) is 12.1 Å². The molecule has 0 radical (unpaired) electrons. The number of fused-ring (bicyclic) bond motifs is 1. The standard InChI is InChI=1S/C18H26N4O4/c23-15(24)10-18(26)11-22(12-18)17(25)20-8-2-1-5-14-7-6-13-4-3-9-19-16(13)21-14/h6-7,26H,1-5,8-12H2,(H,19,21)(H,20,25)(H,23,24). The molecule has 1 fully saturated rings. The number of carboxylic acid groups (broad SMARTS) is 1. The third kappa shape index (κ3) is 4.63. The Kier molecular flexibility index (Phi) is 5.61. The smallest absolute Gasteiger partial charge is 0.317 e. The summed E-state index contributed by atoms with van der Waals surface area (Å²) in [7, 11) is 0. The topological polar surface area (TPSA) is 115 Å². The number of hydrogen-bond donors (Lipinski definition) is 4. The molecule has 0 spiro atoms. The molecular formula is C18H26N4O4. The van der Waals surface area contributed by atoms with Crippen molar-refractivity contribution in [2.75, 3.05) is 31.5 Å². The molecule has 0 atom stereocenters. The Bertz CT molecular complexity index is 673. The first-order valence-corrected chi connectivity index (χ1v) is 9.15. The number of β-amino-alcohol motifs (C(OH)–C–C–N with tert-alkyl or cyclic N) is 1. The largest absolute Gasteiger partial charge is 0.481 e. The molecule has 0 bridgehead atoms. The number of likely N-dealkylation sites (tertiary alicyclic amines) is 1. The van der Waals surface area contributed by atoms with Gasteiger partial charge in [0, 0.05) is 18.8 Å². The molecule has 2 amide bonds. The van der Waals surface area contributed by atoms with Crippen LogP contribution in [-0.4, -0.2) is 63.9 Å². The molecule has 1 saturated heterocycles. The minimum atomic E-state index is -1.28. The fourth-order valence-electron chi connectivity index (χ4n) is 3.45. The lowest BCUT2D eigenvalue weighted by atomic mass is 9.91. The molecule has 0 saturated carbocycles. The molecule has 0 unspecified atom stereocenters. The van der Waals surface area contributed by atoms with E-state index in [1.54, 1.807) is 0 Å². The summed E-state index contributed by atoms with van der Waals surface area (Å²) < 4.78 is 0. The number of aliphatic hydroxyl groups is 1. The van der Waals surface area contributed by atoms with Gasteiger partial charge in [0.05, 0.1) is 19.5 Å². The molecule has 1 aromatic heterocycles. The average Bonchev–Trinajstić information content (AvgIpc) is 2.58. The third-order valence-corrected chi connectivity index (χ3v) is 4.83. The van der Waals surface area contributed by atoms with Gasteiger partial charge >= 0.3 is 12.0 Å². The molecule has 3 rings (SSSR count). The van der Waals surface area contributed by atoms with Gasteiger partial charge in [0.1, 0.15) is 11.4 Å². The number of pyridine rings is 1. The van der Waals surface area contributed by atoms with E-state index in [-0.39, 0.29) is 25.5 Å². The lowest BCUT2D eigenvalue weighted by Gasteiger charge is -2.45. The quantitative estimate of drug-likeness (QED) is 0.538. The maximum absolute atomic E-state index is 11.9. The zero-order valence-electron chi connectivity index (χ0n) is 14.8. The van der Waals surface area contributed by atoms with Crippen LogP contribution < -0.4 is 10.6 Å². The molecule has 0 aromatic carbocycles. The van der Waals surface area contributed by atoms with Crippen molar-refractivity contribution < 1.29 is 19.8 Å². The Morgan fingerprint density at radius 1 is 1.31 bits per heavy atom. The molecule has 8 heteroatoms. The molecule has 4 N–H and O–H groups in total. The number of carbonyl (C=O) groups excluding carboxylic acids is 1. The summed E-state index contributed by atoms with van der Waals surface area (Å²) in [6, 6.07) is 3.97. The van der Waals surface area contributed by atoms with Crippen molar-refractivity contribution in [1.29, 1.82) is 0 Å². The van der Waals surface area contributed by atoms with Gasteiger partial charge in [-0.15, -0.1) is 0 Å². The summed E-state index contributed by atoms with van der Waals surface area (Å²) in [5.41, 5.74) is 1.06. The summed E-state index contributed by atoms with van der Waals surface area (Å²) >= 11 is 0. The third-order valence-electron chi connectivity index (χ3n) is 4.83. The number of anilines is 1. The van der Waals surface area contributed by atoms with Crippen molar-refractivity contribution in [3.63, 3.8) is 0 Å². The first-order chi connectivity index (χ1) is 12.5. The predicted molar refractivity (Wildman–Crippen MR) is 96.2 cm³/mol. The van der Waals surface area contributed by atoms with Crippen molar-refractivity contribution >= 4 is 17.8 Å². The van der Waals surface area contributed by atoms with E-state index in [1.807, 2.05) is 0 Å². The Morgan fingerprint density at radius 3 is 2.88 bits per heavy atom. The number of nitrogens with zero attached hydrogens (tertiary/aromatic N) is 2. The lowest BCUT2D eigenvalue weighted by Crippen LogP contribution is -2.65. The molecule has 26 heavy (non-hydrogen) atoms. The number of amides is 2. The number of nitrogens with one attached hydrogen (secondary N) is 2. The maximum atomic E-state index is 11.9. The summed E-state index contributed by atoms with van der Waals surface area (Å²) in [6.07, 6.45) is 4.53. The highest BCUT2D eigenvalue weighted by molar-refractivity contribution is 5.76. The number of hydrogen-bond acceptors (Lipinski definition) is 5. The lowest BCUT2D eigenvalue weighted by molar-refractivity contribution is -0.149. The van der Waals surface area contributed by atoms with Gasteiger partial charge in [-0.1, -0.05) is 6.07 Å². The average molecular weight is 362 g/mol. The zero-order chi connectivity index (χ0) is 18.6. The molecule has 142 valence electrons. The van der Waals surface area contributed by atoms with Gasteiger partial charge in [-0.05, 0) is 43.7 Å². The second-order valence-corrected chi connectivity index (χ2v) is 7.18. The first-order valence-electron chi connectivity index (χ1n) is 9.15. The van der Waals surface area contributed by atoms with Crippen LogP contribution >= 0.6 is 0 Å². The van der Waals surface area contributed by atoms with Crippen molar-refractivity contribution in [2.45, 2.75) is 44.1 Å². The van der Waals surface area contributed by atoms with Crippen LogP contribution in [0.2, 0.25) is 0 Å². The highest BCUT2D eigenvalue weighted by Gasteiger charge is 2.45. The Labute approximate surface area is 152 Å². The van der Waals surface area contributed by atoms with E-state index in [0.29, 0.717) is 6.54 Å². The van der Waals surface area contributed by atoms with E-state index < -0.39 is 11.6 Å². The van der Waals surface area contributed by atoms with E-state index >= 15 is 0 Å². The molecule has 0 aliphatic carbocycles. The SMILES string of the molecule is O=C(O)CC1(O)CN(C(=O)NCCCCc2ccc3c(n2)NCCC3)C1. The normalized spacial score (nSPS) is 17.7. The van der Waals surface area contributed by atoms with Crippen molar-refractivity contribution in [2.24, 2.45) is 0 Å². The molecule has 8 nitrogen and oxygen atoms in total. The highest BCUT2D eigenvalue weighted by atomic mass is 16.4. The van der Waals surface area contributed by atoms with Crippen LogP contribution in [0.3, 0.4) is 0 Å². The van der Waals surface area contributed by atoms with E-state index in [9.17, 15) is 14.7 Å². The Hall–Kier alpha value is -2.35. The van der Waals surface area contributed by atoms with Crippen LogP contribution in [0.25, 0.3) is 0 Å². The monoisotopic (exact) mass is 362 g/mol. The van der Waals surface area contributed by atoms with Gasteiger partial charge in [-0.2, -0.15) is 0 Å². The van der Waals surface area contributed by atoms with Crippen LogP contribution in [0, 0.1) is 0 Å². The van der Waals surface area contributed by atoms with Crippen LogP contribution in [0.5, 0.6) is 0 Å². The summed E-state index contributed by atoms with van der Waals surface area (Å²) in [4.78, 5) is 28.6. The highest BCUT2D eigenvalue weighted by Crippen LogP contribution is 2.24. The predicted octanol–water partition coefficient (Wildman–Crippen LogP) is 0.993. The van der Waals surface area contributed by atoms with Gasteiger partial charge in [0.15, 0.2) is 0 Å². The fourth-order valence-corrected chi connectivity index (χ4v) is 3.45. The molecule has 1 aromatic rings. The number of rotatable bonds is 7. The van der Waals surface area contributed by atoms with Gasteiger partial charge in [0.2, 0.25) is 0 Å². The fraction of sp³-hybridized carbons (Fsp3) is 0.611. The number of carbonyl (C=O) groups is 2. The second kappa shape index (κ2) is 7.90. The number of aliphatic carboxylic acids is 1. The van der Waals surface area contributed by atoms with Crippen LogP contribution in [0.1, 0.15) is 36.9 Å². The molecular weight excluding hydrogens is 336 g/mol. The van der Waals surface area contributed by atoms with Gasteiger partial charge < -0.3 is 25.7 Å². The number of carboxylic acids is 1. The van der Waals surface area contributed by atoms with Gasteiger partial charge in [0.25, 0.3) is 0 Å². The van der Waals surface area contributed by atoms with Gasteiger partial charge in [-0.3, -0.25) is 4.79 Å². The van der Waals surface area contributed by atoms with Crippen molar-refractivity contribution in [1.82, 2.24) is 15.2 Å². The summed E-state index contributed by atoms with van der Waals surface area (Å²) in [6.45, 7) is 1.66.